The van der Waals surface area contributed by atoms with Crippen LogP contribution in [0.1, 0.15) is 0 Å². The zero-order valence-electron chi connectivity index (χ0n) is 15.0. The summed E-state index contributed by atoms with van der Waals surface area (Å²) < 4.78 is 39.1. The normalized spacial score (nSPS) is 20.4. The highest BCUT2D eigenvalue weighted by molar-refractivity contribution is 7.86. The summed E-state index contributed by atoms with van der Waals surface area (Å²) in [5.74, 6) is 0.456. The van der Waals surface area contributed by atoms with E-state index >= 15 is 0 Å². The van der Waals surface area contributed by atoms with E-state index in [-0.39, 0.29) is 5.69 Å². The quantitative estimate of drug-likeness (QED) is 0.474. The lowest BCUT2D eigenvalue weighted by Gasteiger charge is -2.37. The maximum Gasteiger partial charge on any atom is 0.282 e. The number of piperazine rings is 1. The average molecular weight is 400 g/mol. The first kappa shape index (κ1) is 20.0. The number of morpholine rings is 1. The zero-order chi connectivity index (χ0) is 19.3. The van der Waals surface area contributed by atoms with Gasteiger partial charge in [-0.3, -0.25) is 15.0 Å². The second-order valence-electron chi connectivity index (χ2n) is 6.36. The van der Waals surface area contributed by atoms with Crippen molar-refractivity contribution in [2.45, 2.75) is 0 Å². The molecule has 0 aliphatic carbocycles. The zero-order valence-corrected chi connectivity index (χ0v) is 15.8. The molecule has 2 saturated heterocycles. The van der Waals surface area contributed by atoms with Crippen LogP contribution in [0.4, 0.5) is 5.69 Å². The molecule has 0 N–H and O–H groups in total. The van der Waals surface area contributed by atoms with Gasteiger partial charge in [-0.1, -0.05) is 6.07 Å². The Morgan fingerprint density at radius 3 is 2.41 bits per heavy atom. The lowest BCUT2D eigenvalue weighted by molar-refractivity contribution is -0.384. The standard InChI is InChI=1S/C16H24N4O6S/c21-20(22)15-2-1-3-16(14-15)26-13-8-17-4-6-18(7-5-17)27(23,24)19-9-11-25-12-10-19/h1-3,14H,4-13H2. The summed E-state index contributed by atoms with van der Waals surface area (Å²) in [6.07, 6.45) is 0. The molecule has 0 unspecified atom stereocenters. The number of hydrogen-bond donors (Lipinski definition) is 0. The predicted octanol–water partition coefficient (Wildman–Crippen LogP) is 0.168. The second kappa shape index (κ2) is 8.93. The van der Waals surface area contributed by atoms with Crippen molar-refractivity contribution in [2.24, 2.45) is 0 Å². The van der Waals surface area contributed by atoms with Gasteiger partial charge in [-0.25, -0.2) is 0 Å². The van der Waals surface area contributed by atoms with E-state index in [1.807, 2.05) is 0 Å². The third-order valence-corrected chi connectivity index (χ3v) is 6.69. The van der Waals surface area contributed by atoms with Crippen LogP contribution in [0.3, 0.4) is 0 Å². The number of benzene rings is 1. The number of nitrogens with zero attached hydrogens (tertiary/aromatic N) is 4. The summed E-state index contributed by atoms with van der Waals surface area (Å²) in [6.45, 7) is 4.84. The molecule has 0 atom stereocenters. The van der Waals surface area contributed by atoms with Crippen molar-refractivity contribution >= 4 is 15.9 Å². The maximum atomic E-state index is 12.6. The van der Waals surface area contributed by atoms with Gasteiger partial charge in [0.2, 0.25) is 0 Å². The number of nitro groups is 1. The minimum Gasteiger partial charge on any atom is -0.492 e. The first-order valence-corrected chi connectivity index (χ1v) is 10.3. The Labute approximate surface area is 158 Å². The Kier molecular flexibility index (Phi) is 6.60. The molecule has 0 spiro atoms. The largest absolute Gasteiger partial charge is 0.492 e. The van der Waals surface area contributed by atoms with Gasteiger partial charge in [0.15, 0.2) is 0 Å². The van der Waals surface area contributed by atoms with Gasteiger partial charge in [-0.15, -0.1) is 0 Å². The Morgan fingerprint density at radius 2 is 1.74 bits per heavy atom. The summed E-state index contributed by atoms with van der Waals surface area (Å²) >= 11 is 0. The van der Waals surface area contributed by atoms with E-state index in [0.29, 0.717) is 71.4 Å². The van der Waals surface area contributed by atoms with E-state index in [1.54, 1.807) is 12.1 Å². The van der Waals surface area contributed by atoms with Crippen LogP contribution in [0.5, 0.6) is 5.75 Å². The van der Waals surface area contributed by atoms with E-state index in [2.05, 4.69) is 4.90 Å². The molecule has 2 fully saturated rings. The van der Waals surface area contributed by atoms with E-state index in [1.165, 1.54) is 20.7 Å². The lowest BCUT2D eigenvalue weighted by atomic mass is 10.3. The molecule has 2 aliphatic rings. The average Bonchev–Trinajstić information content (AvgIpc) is 2.69. The predicted molar refractivity (Wildman–Crippen MR) is 97.9 cm³/mol. The van der Waals surface area contributed by atoms with Crippen LogP contribution in [-0.4, -0.2) is 92.5 Å². The van der Waals surface area contributed by atoms with Gasteiger partial charge in [0, 0.05) is 51.9 Å². The maximum absolute atomic E-state index is 12.6. The van der Waals surface area contributed by atoms with Crippen molar-refractivity contribution < 1.29 is 22.8 Å². The molecule has 27 heavy (non-hydrogen) atoms. The van der Waals surface area contributed by atoms with Crippen LogP contribution in [0, 0.1) is 10.1 Å². The van der Waals surface area contributed by atoms with E-state index in [9.17, 15) is 18.5 Å². The first-order valence-electron chi connectivity index (χ1n) is 8.89. The van der Waals surface area contributed by atoms with Crippen LogP contribution in [-0.2, 0) is 14.9 Å². The highest BCUT2D eigenvalue weighted by Crippen LogP contribution is 2.19. The minimum atomic E-state index is -3.42. The Hall–Kier alpha value is -1.79. The highest BCUT2D eigenvalue weighted by atomic mass is 32.2. The van der Waals surface area contributed by atoms with Crippen molar-refractivity contribution in [3.8, 4) is 5.75 Å². The third-order valence-electron chi connectivity index (χ3n) is 4.66. The molecule has 3 rings (SSSR count). The van der Waals surface area contributed by atoms with Crippen molar-refractivity contribution in [2.75, 3.05) is 65.6 Å². The number of rotatable bonds is 7. The van der Waals surface area contributed by atoms with Crippen LogP contribution < -0.4 is 4.74 Å². The molecule has 10 nitrogen and oxygen atoms in total. The van der Waals surface area contributed by atoms with Gasteiger partial charge in [-0.05, 0) is 6.07 Å². The van der Waals surface area contributed by atoms with Crippen LogP contribution in [0.15, 0.2) is 24.3 Å². The fourth-order valence-electron chi connectivity index (χ4n) is 3.10. The summed E-state index contributed by atoms with van der Waals surface area (Å²) in [7, 11) is -3.42. The van der Waals surface area contributed by atoms with Crippen LogP contribution in [0.25, 0.3) is 0 Å². The summed E-state index contributed by atoms with van der Waals surface area (Å²) in [5.41, 5.74) is -0.00515. The molecule has 0 amide bonds. The molecule has 11 heteroatoms. The number of hydrogen-bond acceptors (Lipinski definition) is 7. The molecule has 0 saturated carbocycles. The van der Waals surface area contributed by atoms with Gasteiger partial charge < -0.3 is 9.47 Å². The minimum absolute atomic E-state index is 0.00515. The molecule has 2 aliphatic heterocycles. The molecule has 0 bridgehead atoms. The van der Waals surface area contributed by atoms with Gasteiger partial charge in [0.1, 0.15) is 12.4 Å². The summed E-state index contributed by atoms with van der Waals surface area (Å²) in [6, 6.07) is 6.08. The molecule has 2 heterocycles. The summed E-state index contributed by atoms with van der Waals surface area (Å²) in [5, 5.41) is 10.8. The lowest BCUT2D eigenvalue weighted by Crippen LogP contribution is -2.55. The second-order valence-corrected chi connectivity index (χ2v) is 8.29. The SMILES string of the molecule is O=[N+]([O-])c1cccc(OCCN2CCN(S(=O)(=O)N3CCOCC3)CC2)c1. The third kappa shape index (κ3) is 5.14. The van der Waals surface area contributed by atoms with Crippen molar-refractivity contribution in [1.29, 1.82) is 0 Å². The van der Waals surface area contributed by atoms with Crippen molar-refractivity contribution in [3.63, 3.8) is 0 Å². The Morgan fingerprint density at radius 1 is 1.07 bits per heavy atom. The number of nitro benzene ring substituents is 1. The van der Waals surface area contributed by atoms with E-state index in [4.69, 9.17) is 9.47 Å². The molecular weight excluding hydrogens is 376 g/mol. The van der Waals surface area contributed by atoms with Crippen LogP contribution >= 0.6 is 0 Å². The Bertz CT molecular complexity index is 745. The van der Waals surface area contributed by atoms with Crippen molar-refractivity contribution in [3.05, 3.63) is 34.4 Å². The van der Waals surface area contributed by atoms with E-state index < -0.39 is 15.1 Å². The molecule has 0 radical (unpaired) electrons. The molecule has 1 aromatic carbocycles. The van der Waals surface area contributed by atoms with Crippen LogP contribution in [0.2, 0.25) is 0 Å². The fourth-order valence-corrected chi connectivity index (χ4v) is 4.67. The number of ether oxygens (including phenoxy) is 2. The topological polar surface area (TPSA) is 105 Å². The van der Waals surface area contributed by atoms with Gasteiger partial charge in [0.05, 0.1) is 24.2 Å². The number of non-ortho nitro benzene ring substituents is 1. The van der Waals surface area contributed by atoms with Crippen molar-refractivity contribution in [1.82, 2.24) is 13.5 Å². The molecule has 0 aromatic heterocycles. The first-order chi connectivity index (χ1) is 13.0. The smallest absolute Gasteiger partial charge is 0.282 e. The molecular formula is C16H24N4O6S. The highest BCUT2D eigenvalue weighted by Gasteiger charge is 2.33. The van der Waals surface area contributed by atoms with E-state index in [0.717, 1.165) is 0 Å². The van der Waals surface area contributed by atoms with Gasteiger partial charge in [-0.2, -0.15) is 17.0 Å². The summed E-state index contributed by atoms with van der Waals surface area (Å²) in [4.78, 5) is 12.4. The molecule has 150 valence electrons. The Balaban J connectivity index is 1.43. The van der Waals surface area contributed by atoms with Gasteiger partial charge in [0.25, 0.3) is 15.9 Å². The fraction of sp³-hybridized carbons (Fsp3) is 0.625. The monoisotopic (exact) mass is 400 g/mol. The molecule has 1 aromatic rings. The van der Waals surface area contributed by atoms with Gasteiger partial charge >= 0.3 is 0 Å².